The van der Waals surface area contributed by atoms with Crippen molar-refractivity contribution in [3.8, 4) is 0 Å². The highest BCUT2D eigenvalue weighted by Crippen LogP contribution is 2.32. The maximum atomic E-state index is 13.0. The van der Waals surface area contributed by atoms with Gasteiger partial charge in [0.15, 0.2) is 0 Å². The topological polar surface area (TPSA) is 70.2 Å². The van der Waals surface area contributed by atoms with Gasteiger partial charge in [0.2, 0.25) is 0 Å². The number of carbonyl (C=O) groups is 2. The van der Waals surface area contributed by atoms with Crippen molar-refractivity contribution in [1.29, 1.82) is 0 Å². The average molecular weight is 390 g/mol. The van der Waals surface area contributed by atoms with Gasteiger partial charge in [-0.2, -0.15) is 0 Å². The summed E-state index contributed by atoms with van der Waals surface area (Å²) in [4.78, 5) is 24.9. The Balaban J connectivity index is 2.00. The fraction of sp³-hybridized carbons (Fsp3) is 0.158. The Hall–Kier alpha value is -2.50. The molecule has 134 valence electrons. The summed E-state index contributed by atoms with van der Waals surface area (Å²) in [5.41, 5.74) is 2.99. The van der Waals surface area contributed by atoms with Gasteiger partial charge in [0.1, 0.15) is 0 Å². The van der Waals surface area contributed by atoms with Crippen molar-refractivity contribution in [1.82, 2.24) is 10.6 Å². The summed E-state index contributed by atoms with van der Waals surface area (Å²) in [5, 5.41) is 9.27. The molecule has 1 aliphatic heterocycles. The molecule has 1 atom stereocenters. The van der Waals surface area contributed by atoms with E-state index in [1.54, 1.807) is 43.3 Å². The molecule has 1 heterocycles. The fourth-order valence-electron chi connectivity index (χ4n) is 2.86. The van der Waals surface area contributed by atoms with Gasteiger partial charge in [-0.25, -0.2) is 4.79 Å². The van der Waals surface area contributed by atoms with Gasteiger partial charge in [0.05, 0.1) is 11.6 Å². The van der Waals surface area contributed by atoms with Gasteiger partial charge in [0, 0.05) is 21.4 Å². The van der Waals surface area contributed by atoms with Gasteiger partial charge >= 0.3 is 6.03 Å². The Morgan fingerprint density at radius 1 is 1.12 bits per heavy atom. The Labute approximate surface area is 161 Å². The third kappa shape index (κ3) is 3.69. The summed E-state index contributed by atoms with van der Waals surface area (Å²) in [7, 11) is 0. The number of carbonyl (C=O) groups excluding carboxylic acids is 2. The Morgan fingerprint density at radius 2 is 1.85 bits per heavy atom. The fourth-order valence-corrected chi connectivity index (χ4v) is 3.27. The van der Waals surface area contributed by atoms with E-state index in [1.807, 2.05) is 13.0 Å². The molecule has 0 fully saturated rings. The second kappa shape index (κ2) is 7.40. The van der Waals surface area contributed by atoms with E-state index < -0.39 is 6.04 Å². The van der Waals surface area contributed by atoms with Crippen LogP contribution in [0.2, 0.25) is 10.0 Å². The molecule has 5 nitrogen and oxygen atoms in total. The molecule has 1 aliphatic rings. The molecular formula is C19H17Cl2N3O2. The maximum absolute atomic E-state index is 13.0. The molecule has 2 aromatic carbocycles. The van der Waals surface area contributed by atoms with Crippen molar-refractivity contribution in [3.05, 3.63) is 74.9 Å². The molecular weight excluding hydrogens is 373 g/mol. The first-order valence-corrected chi connectivity index (χ1v) is 8.72. The molecule has 3 N–H and O–H groups in total. The third-order valence-electron chi connectivity index (χ3n) is 4.18. The SMILES string of the molecule is CC1=C(C(=O)Nc2cc(Cl)ccc2C)[C@H](c2ccccc2Cl)NC(=O)N1. The van der Waals surface area contributed by atoms with Gasteiger partial charge < -0.3 is 16.0 Å². The third-order valence-corrected chi connectivity index (χ3v) is 4.76. The van der Waals surface area contributed by atoms with E-state index in [0.717, 1.165) is 5.56 Å². The van der Waals surface area contributed by atoms with Crippen molar-refractivity contribution in [3.63, 3.8) is 0 Å². The smallest absolute Gasteiger partial charge is 0.319 e. The van der Waals surface area contributed by atoms with Crippen LogP contribution in [0.25, 0.3) is 0 Å². The van der Waals surface area contributed by atoms with E-state index >= 15 is 0 Å². The van der Waals surface area contributed by atoms with Crippen molar-refractivity contribution >= 4 is 40.8 Å². The number of aryl methyl sites for hydroxylation is 1. The number of urea groups is 1. The molecule has 0 unspecified atom stereocenters. The van der Waals surface area contributed by atoms with Crippen LogP contribution in [0.3, 0.4) is 0 Å². The zero-order chi connectivity index (χ0) is 18.8. The maximum Gasteiger partial charge on any atom is 0.319 e. The summed E-state index contributed by atoms with van der Waals surface area (Å²) in [6.07, 6.45) is 0. The largest absolute Gasteiger partial charge is 0.327 e. The molecule has 3 rings (SSSR count). The molecule has 7 heteroatoms. The van der Waals surface area contributed by atoms with Crippen LogP contribution in [0.4, 0.5) is 10.5 Å². The summed E-state index contributed by atoms with van der Waals surface area (Å²) < 4.78 is 0. The van der Waals surface area contributed by atoms with Gasteiger partial charge in [0.25, 0.3) is 5.91 Å². The molecule has 0 radical (unpaired) electrons. The molecule has 0 saturated carbocycles. The summed E-state index contributed by atoms with van der Waals surface area (Å²) in [6.45, 7) is 3.56. The number of rotatable bonds is 3. The highest BCUT2D eigenvalue weighted by Gasteiger charge is 2.32. The minimum Gasteiger partial charge on any atom is -0.327 e. The lowest BCUT2D eigenvalue weighted by molar-refractivity contribution is -0.113. The summed E-state index contributed by atoms with van der Waals surface area (Å²) in [6, 6.07) is 11.3. The highest BCUT2D eigenvalue weighted by molar-refractivity contribution is 6.31. The van der Waals surface area contributed by atoms with Crippen LogP contribution in [0, 0.1) is 6.92 Å². The molecule has 0 spiro atoms. The quantitative estimate of drug-likeness (QED) is 0.719. The molecule has 0 aromatic heterocycles. The minimum atomic E-state index is -0.656. The Bertz CT molecular complexity index is 925. The Kier molecular flexibility index (Phi) is 5.20. The monoisotopic (exact) mass is 389 g/mol. The van der Waals surface area contributed by atoms with Crippen molar-refractivity contribution in [2.75, 3.05) is 5.32 Å². The van der Waals surface area contributed by atoms with Crippen molar-refractivity contribution < 1.29 is 9.59 Å². The first-order chi connectivity index (χ1) is 12.4. The number of anilines is 1. The molecule has 3 amide bonds. The van der Waals surface area contributed by atoms with E-state index in [9.17, 15) is 9.59 Å². The summed E-state index contributed by atoms with van der Waals surface area (Å²) in [5.74, 6) is -0.342. The second-order valence-electron chi connectivity index (χ2n) is 6.01. The van der Waals surface area contributed by atoms with Crippen LogP contribution in [-0.2, 0) is 4.79 Å². The first-order valence-electron chi connectivity index (χ1n) is 7.97. The number of amides is 3. The number of hydrogen-bond donors (Lipinski definition) is 3. The van der Waals surface area contributed by atoms with Crippen LogP contribution in [0.5, 0.6) is 0 Å². The lowest BCUT2D eigenvalue weighted by Gasteiger charge is -2.29. The average Bonchev–Trinajstić information content (AvgIpc) is 2.57. The van der Waals surface area contributed by atoms with Crippen LogP contribution in [0.1, 0.15) is 24.1 Å². The van der Waals surface area contributed by atoms with E-state index in [0.29, 0.717) is 32.6 Å². The van der Waals surface area contributed by atoms with Crippen molar-refractivity contribution in [2.45, 2.75) is 19.9 Å². The van der Waals surface area contributed by atoms with Crippen LogP contribution < -0.4 is 16.0 Å². The molecule has 26 heavy (non-hydrogen) atoms. The van der Waals surface area contributed by atoms with Gasteiger partial charge in [-0.3, -0.25) is 4.79 Å². The van der Waals surface area contributed by atoms with E-state index in [1.165, 1.54) is 0 Å². The van der Waals surface area contributed by atoms with Crippen LogP contribution in [0.15, 0.2) is 53.7 Å². The minimum absolute atomic E-state index is 0.342. The van der Waals surface area contributed by atoms with E-state index in [4.69, 9.17) is 23.2 Å². The standard InChI is InChI=1S/C19H17Cl2N3O2/c1-10-7-8-12(20)9-15(10)23-18(25)16-11(2)22-19(26)24-17(16)13-5-3-4-6-14(13)21/h3-9,17H,1-2H3,(H,23,25)(H2,22,24,26)/t17-/m0/s1. The molecule has 0 saturated heterocycles. The zero-order valence-corrected chi connectivity index (χ0v) is 15.7. The van der Waals surface area contributed by atoms with Gasteiger partial charge in [-0.05, 0) is 43.2 Å². The normalized spacial score (nSPS) is 16.8. The number of hydrogen-bond acceptors (Lipinski definition) is 2. The zero-order valence-electron chi connectivity index (χ0n) is 14.2. The highest BCUT2D eigenvalue weighted by atomic mass is 35.5. The van der Waals surface area contributed by atoms with E-state index in [-0.39, 0.29) is 11.9 Å². The van der Waals surface area contributed by atoms with Crippen molar-refractivity contribution in [2.24, 2.45) is 0 Å². The number of allylic oxidation sites excluding steroid dienone is 1. The predicted molar refractivity (Wildman–Crippen MR) is 103 cm³/mol. The van der Waals surface area contributed by atoms with Gasteiger partial charge in [-0.15, -0.1) is 0 Å². The number of halogens is 2. The molecule has 2 aromatic rings. The van der Waals surface area contributed by atoms with Gasteiger partial charge in [-0.1, -0.05) is 47.5 Å². The second-order valence-corrected chi connectivity index (χ2v) is 6.85. The first kappa shape index (κ1) is 18.3. The Morgan fingerprint density at radius 3 is 2.58 bits per heavy atom. The predicted octanol–water partition coefficient (Wildman–Crippen LogP) is 4.57. The lowest BCUT2D eigenvalue weighted by Crippen LogP contribution is -2.46. The summed E-state index contributed by atoms with van der Waals surface area (Å²) >= 11 is 12.3. The lowest BCUT2D eigenvalue weighted by atomic mass is 9.94. The van der Waals surface area contributed by atoms with E-state index in [2.05, 4.69) is 16.0 Å². The molecule has 0 aliphatic carbocycles. The molecule has 0 bridgehead atoms. The number of nitrogens with one attached hydrogen (secondary N) is 3. The number of benzene rings is 2. The van der Waals surface area contributed by atoms with Crippen LogP contribution in [-0.4, -0.2) is 11.9 Å². The van der Waals surface area contributed by atoms with Crippen LogP contribution >= 0.6 is 23.2 Å².